The van der Waals surface area contributed by atoms with Crippen molar-refractivity contribution in [3.8, 4) is 0 Å². The maximum absolute atomic E-state index is 11.8. The SMILES string of the molecule is CC(C)C=C(CP(=O)(O)CC(C)C)C(=O)O. The van der Waals surface area contributed by atoms with Crippen molar-refractivity contribution >= 4 is 13.3 Å². The molecule has 94 valence electrons. The van der Waals surface area contributed by atoms with Crippen LogP contribution < -0.4 is 0 Å². The van der Waals surface area contributed by atoms with Gasteiger partial charge in [-0.2, -0.15) is 0 Å². The number of carbonyl (C=O) groups is 1. The monoisotopic (exact) mass is 248 g/mol. The molecule has 0 rings (SSSR count). The standard InChI is InChI=1S/C11H21O4P/c1-8(2)5-10(11(12)13)7-16(14,15)6-9(3)4/h5,8-9H,6-7H2,1-4H3,(H,12,13)(H,14,15). The Hall–Kier alpha value is -0.600. The van der Waals surface area contributed by atoms with Crippen LogP contribution in [0, 0.1) is 11.8 Å². The highest BCUT2D eigenvalue weighted by Gasteiger charge is 2.24. The van der Waals surface area contributed by atoms with Crippen molar-refractivity contribution in [3.05, 3.63) is 11.6 Å². The summed E-state index contributed by atoms with van der Waals surface area (Å²) in [5, 5.41) is 8.92. The van der Waals surface area contributed by atoms with Crippen LogP contribution in [0.4, 0.5) is 0 Å². The summed E-state index contributed by atoms with van der Waals surface area (Å²) in [5.41, 5.74) is 0.0430. The van der Waals surface area contributed by atoms with E-state index in [-0.39, 0.29) is 29.7 Å². The molecule has 0 aromatic rings. The van der Waals surface area contributed by atoms with Crippen molar-refractivity contribution < 1.29 is 19.4 Å². The highest BCUT2D eigenvalue weighted by molar-refractivity contribution is 7.58. The third-order valence-corrected chi connectivity index (χ3v) is 4.01. The normalized spacial score (nSPS) is 16.6. The van der Waals surface area contributed by atoms with Crippen LogP contribution in [-0.2, 0) is 9.36 Å². The molecule has 0 aliphatic carbocycles. The molecular formula is C11H21O4P. The van der Waals surface area contributed by atoms with Crippen LogP contribution in [-0.4, -0.2) is 28.3 Å². The predicted molar refractivity (Wildman–Crippen MR) is 65.0 cm³/mol. The van der Waals surface area contributed by atoms with E-state index in [2.05, 4.69) is 0 Å². The van der Waals surface area contributed by atoms with E-state index in [1.54, 1.807) is 0 Å². The topological polar surface area (TPSA) is 74.6 Å². The van der Waals surface area contributed by atoms with Crippen molar-refractivity contribution in [3.63, 3.8) is 0 Å². The van der Waals surface area contributed by atoms with Crippen molar-refractivity contribution in [1.82, 2.24) is 0 Å². The van der Waals surface area contributed by atoms with Crippen LogP contribution in [0.3, 0.4) is 0 Å². The van der Waals surface area contributed by atoms with Gasteiger partial charge in [-0.15, -0.1) is 0 Å². The van der Waals surface area contributed by atoms with Crippen LogP contribution in [0.5, 0.6) is 0 Å². The second kappa shape index (κ2) is 6.21. The molecule has 0 saturated carbocycles. The summed E-state index contributed by atoms with van der Waals surface area (Å²) in [6.07, 6.45) is 1.46. The zero-order valence-electron chi connectivity index (χ0n) is 10.3. The Bertz CT molecular complexity index is 318. The first-order valence-electron chi connectivity index (χ1n) is 5.39. The first kappa shape index (κ1) is 15.4. The van der Waals surface area contributed by atoms with Gasteiger partial charge in [-0.05, 0) is 11.8 Å². The molecule has 0 aromatic carbocycles. The molecule has 0 bridgehead atoms. The molecule has 0 fully saturated rings. The number of rotatable bonds is 6. The molecule has 5 heteroatoms. The van der Waals surface area contributed by atoms with Gasteiger partial charge >= 0.3 is 5.97 Å². The van der Waals surface area contributed by atoms with E-state index in [0.29, 0.717) is 0 Å². The number of aliphatic carboxylic acids is 1. The Morgan fingerprint density at radius 1 is 1.31 bits per heavy atom. The number of carboxylic acids is 1. The van der Waals surface area contributed by atoms with E-state index < -0.39 is 13.3 Å². The number of hydrogen-bond acceptors (Lipinski definition) is 2. The summed E-state index contributed by atoms with van der Waals surface area (Å²) in [5.74, 6) is -0.957. The first-order valence-corrected chi connectivity index (χ1v) is 7.42. The van der Waals surface area contributed by atoms with Crippen LogP contribution in [0.15, 0.2) is 11.6 Å². The summed E-state index contributed by atoms with van der Waals surface area (Å²) in [6, 6.07) is 0. The van der Waals surface area contributed by atoms with Gasteiger partial charge in [0.2, 0.25) is 7.37 Å². The smallest absolute Gasteiger partial charge is 0.331 e. The lowest BCUT2D eigenvalue weighted by atomic mass is 10.1. The van der Waals surface area contributed by atoms with E-state index in [4.69, 9.17) is 5.11 Å². The highest BCUT2D eigenvalue weighted by Crippen LogP contribution is 2.44. The second-order valence-corrected chi connectivity index (χ2v) is 7.20. The van der Waals surface area contributed by atoms with E-state index in [0.717, 1.165) is 0 Å². The molecule has 1 atom stereocenters. The summed E-state index contributed by atoms with van der Waals surface area (Å²) >= 11 is 0. The molecule has 2 N–H and O–H groups in total. The Morgan fingerprint density at radius 3 is 2.12 bits per heavy atom. The molecule has 0 heterocycles. The lowest BCUT2D eigenvalue weighted by molar-refractivity contribution is -0.132. The summed E-state index contributed by atoms with van der Waals surface area (Å²) < 4.78 is 11.8. The maximum atomic E-state index is 11.8. The molecule has 0 amide bonds. The van der Waals surface area contributed by atoms with Gasteiger partial charge in [0.25, 0.3) is 0 Å². The van der Waals surface area contributed by atoms with Gasteiger partial charge in [-0.3, -0.25) is 4.57 Å². The van der Waals surface area contributed by atoms with Gasteiger partial charge in [0.15, 0.2) is 0 Å². The van der Waals surface area contributed by atoms with Crippen molar-refractivity contribution in [1.29, 1.82) is 0 Å². The highest BCUT2D eigenvalue weighted by atomic mass is 31.2. The Morgan fingerprint density at radius 2 is 1.81 bits per heavy atom. The van der Waals surface area contributed by atoms with E-state index in [1.165, 1.54) is 6.08 Å². The molecule has 0 aliphatic heterocycles. The van der Waals surface area contributed by atoms with E-state index in [9.17, 15) is 14.3 Å². The largest absolute Gasteiger partial charge is 0.478 e. The maximum Gasteiger partial charge on any atom is 0.331 e. The fourth-order valence-electron chi connectivity index (χ4n) is 1.50. The van der Waals surface area contributed by atoms with Gasteiger partial charge in [0.1, 0.15) is 0 Å². The lowest BCUT2D eigenvalue weighted by Crippen LogP contribution is -2.10. The van der Waals surface area contributed by atoms with Crippen LogP contribution in [0.2, 0.25) is 0 Å². The minimum atomic E-state index is -3.36. The Labute approximate surface area is 96.8 Å². The number of hydrogen-bond donors (Lipinski definition) is 2. The van der Waals surface area contributed by atoms with Crippen LogP contribution in [0.1, 0.15) is 27.7 Å². The van der Waals surface area contributed by atoms with Gasteiger partial charge in [-0.1, -0.05) is 33.8 Å². The van der Waals surface area contributed by atoms with E-state index in [1.807, 2.05) is 27.7 Å². The zero-order valence-corrected chi connectivity index (χ0v) is 11.2. The van der Waals surface area contributed by atoms with Crippen LogP contribution >= 0.6 is 7.37 Å². The molecule has 0 aliphatic rings. The molecule has 4 nitrogen and oxygen atoms in total. The van der Waals surface area contributed by atoms with E-state index >= 15 is 0 Å². The third-order valence-electron chi connectivity index (χ3n) is 1.88. The Kier molecular flexibility index (Phi) is 5.98. The van der Waals surface area contributed by atoms with Gasteiger partial charge in [0, 0.05) is 11.7 Å². The predicted octanol–water partition coefficient (Wildman–Crippen LogP) is 2.58. The van der Waals surface area contributed by atoms with Gasteiger partial charge < -0.3 is 10.00 Å². The first-order chi connectivity index (χ1) is 7.14. The zero-order chi connectivity index (χ0) is 12.9. The fraction of sp³-hybridized carbons (Fsp3) is 0.727. The molecular weight excluding hydrogens is 227 g/mol. The van der Waals surface area contributed by atoms with Crippen molar-refractivity contribution in [2.24, 2.45) is 11.8 Å². The number of allylic oxidation sites excluding steroid dienone is 1. The average molecular weight is 248 g/mol. The second-order valence-electron chi connectivity index (χ2n) is 4.82. The third kappa shape index (κ3) is 6.81. The number of carboxylic acid groups (broad SMARTS) is 1. The molecule has 0 saturated heterocycles. The van der Waals surface area contributed by atoms with Crippen LogP contribution in [0.25, 0.3) is 0 Å². The summed E-state index contributed by atoms with van der Waals surface area (Å²) in [7, 11) is -3.36. The summed E-state index contributed by atoms with van der Waals surface area (Å²) in [6.45, 7) is 7.37. The molecule has 0 spiro atoms. The minimum Gasteiger partial charge on any atom is -0.478 e. The quantitative estimate of drug-likeness (QED) is 0.559. The van der Waals surface area contributed by atoms with Crippen molar-refractivity contribution in [2.45, 2.75) is 27.7 Å². The Balaban J connectivity index is 4.77. The molecule has 16 heavy (non-hydrogen) atoms. The average Bonchev–Trinajstić information content (AvgIpc) is 1.98. The lowest BCUT2D eigenvalue weighted by Gasteiger charge is -2.14. The fourth-order valence-corrected chi connectivity index (χ4v) is 3.54. The molecule has 1 unspecified atom stereocenters. The minimum absolute atomic E-state index is 0.0430. The molecule has 0 aromatic heterocycles. The van der Waals surface area contributed by atoms with Crippen molar-refractivity contribution in [2.75, 3.05) is 12.3 Å². The summed E-state index contributed by atoms with van der Waals surface area (Å²) in [4.78, 5) is 20.6. The van der Waals surface area contributed by atoms with Gasteiger partial charge in [-0.25, -0.2) is 4.79 Å². The molecule has 0 radical (unpaired) electrons. The van der Waals surface area contributed by atoms with Gasteiger partial charge in [0.05, 0.1) is 6.16 Å².